The van der Waals surface area contributed by atoms with Gasteiger partial charge in [-0.25, -0.2) is 8.42 Å². The van der Waals surface area contributed by atoms with Gasteiger partial charge in [0.25, 0.3) is 0 Å². The van der Waals surface area contributed by atoms with Gasteiger partial charge < -0.3 is 10.1 Å². The molecule has 1 aromatic carbocycles. The minimum atomic E-state index is -3.56. The third-order valence-corrected chi connectivity index (χ3v) is 6.55. The van der Waals surface area contributed by atoms with Gasteiger partial charge in [-0.1, -0.05) is 17.7 Å². The molecule has 1 amide bonds. The van der Waals surface area contributed by atoms with Gasteiger partial charge in [0.05, 0.1) is 22.5 Å². The molecule has 2 heterocycles. The number of amides is 1. The molecule has 3 rings (SSSR count). The number of H-pyrrole nitrogens is 1. The van der Waals surface area contributed by atoms with Gasteiger partial charge in [0.2, 0.25) is 15.9 Å². The maximum atomic E-state index is 13.0. The number of rotatable bonds is 6. The Hall–Kier alpha value is -2.23. The highest BCUT2D eigenvalue weighted by Gasteiger charge is 2.32. The van der Waals surface area contributed by atoms with Crippen LogP contribution in [0, 0.1) is 6.92 Å². The van der Waals surface area contributed by atoms with E-state index in [1.165, 1.54) is 17.6 Å². The summed E-state index contributed by atoms with van der Waals surface area (Å²) in [6.07, 6.45) is 3.09. The monoisotopic (exact) mass is 392 g/mol. The predicted molar refractivity (Wildman–Crippen MR) is 101 cm³/mol. The molecular weight excluding hydrogens is 368 g/mol. The smallest absolute Gasteiger partial charge is 0.250 e. The number of hydrogen-bond donors (Lipinski definition) is 2. The second-order valence-electron chi connectivity index (χ2n) is 6.69. The standard InChI is InChI=1S/C18H24N4O4S/c1-13-5-7-15(8-6-13)27(24,25)22-9-3-4-14(11-22)18-16(10-19-21-18)20-17(23)12-26-2/h5-8,10,14H,3-4,9,11-12H2,1-2H3,(H,19,21)(H,20,23)/t14-/m0/s1. The molecule has 0 aliphatic carbocycles. The van der Waals surface area contributed by atoms with Crippen LogP contribution in [-0.4, -0.2) is 55.6 Å². The summed E-state index contributed by atoms with van der Waals surface area (Å²) in [6, 6.07) is 6.88. The van der Waals surface area contributed by atoms with E-state index in [1.54, 1.807) is 24.3 Å². The van der Waals surface area contributed by atoms with E-state index in [1.807, 2.05) is 6.92 Å². The van der Waals surface area contributed by atoms with E-state index >= 15 is 0 Å². The number of methoxy groups -OCH3 is 1. The van der Waals surface area contributed by atoms with Crippen molar-refractivity contribution in [3.8, 4) is 0 Å². The third-order valence-electron chi connectivity index (χ3n) is 4.67. The van der Waals surface area contributed by atoms with Crippen LogP contribution in [0.5, 0.6) is 0 Å². The summed E-state index contributed by atoms with van der Waals surface area (Å²) < 4.78 is 32.3. The molecule has 27 heavy (non-hydrogen) atoms. The van der Waals surface area contributed by atoms with Crippen LogP contribution in [0.2, 0.25) is 0 Å². The molecule has 1 fully saturated rings. The van der Waals surface area contributed by atoms with E-state index in [4.69, 9.17) is 4.74 Å². The number of ether oxygens (including phenoxy) is 1. The zero-order valence-electron chi connectivity index (χ0n) is 15.4. The van der Waals surface area contributed by atoms with Crippen LogP contribution in [0.4, 0.5) is 5.69 Å². The number of benzene rings is 1. The minimum absolute atomic E-state index is 0.0524. The summed E-state index contributed by atoms with van der Waals surface area (Å²) in [5, 5.41) is 9.69. The highest BCUT2D eigenvalue weighted by Crippen LogP contribution is 2.32. The Bertz CT molecular complexity index is 892. The van der Waals surface area contributed by atoms with Crippen LogP contribution in [0.1, 0.15) is 30.0 Å². The van der Waals surface area contributed by atoms with Gasteiger partial charge in [0, 0.05) is 26.1 Å². The van der Waals surface area contributed by atoms with E-state index in [9.17, 15) is 13.2 Å². The molecule has 0 spiro atoms. The molecule has 9 heteroatoms. The molecule has 1 aromatic heterocycles. The summed E-state index contributed by atoms with van der Waals surface area (Å²) in [4.78, 5) is 12.1. The number of nitrogens with zero attached hydrogens (tertiary/aromatic N) is 2. The number of aromatic nitrogens is 2. The van der Waals surface area contributed by atoms with E-state index < -0.39 is 10.0 Å². The minimum Gasteiger partial charge on any atom is -0.375 e. The number of anilines is 1. The number of carbonyl (C=O) groups excluding carboxylic acids is 1. The zero-order chi connectivity index (χ0) is 19.4. The van der Waals surface area contributed by atoms with Crippen molar-refractivity contribution in [2.24, 2.45) is 0 Å². The van der Waals surface area contributed by atoms with Crippen LogP contribution in [0.3, 0.4) is 0 Å². The highest BCUT2D eigenvalue weighted by molar-refractivity contribution is 7.89. The van der Waals surface area contributed by atoms with Gasteiger partial charge in [-0.2, -0.15) is 9.40 Å². The van der Waals surface area contributed by atoms with Gasteiger partial charge in [-0.15, -0.1) is 0 Å². The third kappa shape index (κ3) is 4.37. The quantitative estimate of drug-likeness (QED) is 0.781. The lowest BCUT2D eigenvalue weighted by Crippen LogP contribution is -2.39. The molecule has 1 aliphatic rings. The molecule has 0 radical (unpaired) electrons. The van der Waals surface area contributed by atoms with Crippen LogP contribution in [0.15, 0.2) is 35.4 Å². The van der Waals surface area contributed by atoms with Crippen molar-refractivity contribution in [1.29, 1.82) is 0 Å². The Kier molecular flexibility index (Phi) is 5.93. The van der Waals surface area contributed by atoms with Gasteiger partial charge in [0.15, 0.2) is 0 Å². The van der Waals surface area contributed by atoms with Crippen molar-refractivity contribution in [1.82, 2.24) is 14.5 Å². The Morgan fingerprint density at radius 2 is 2.11 bits per heavy atom. The van der Waals surface area contributed by atoms with Crippen molar-refractivity contribution in [2.75, 3.05) is 32.1 Å². The molecule has 2 aromatic rings. The molecule has 0 unspecified atom stereocenters. The molecule has 2 N–H and O–H groups in total. The molecule has 1 atom stereocenters. The van der Waals surface area contributed by atoms with Crippen LogP contribution in [0.25, 0.3) is 0 Å². The molecule has 8 nitrogen and oxygen atoms in total. The van der Waals surface area contributed by atoms with Crippen LogP contribution < -0.4 is 5.32 Å². The fraction of sp³-hybridized carbons (Fsp3) is 0.444. The van der Waals surface area contributed by atoms with Crippen molar-refractivity contribution < 1.29 is 17.9 Å². The normalized spacial score (nSPS) is 18.4. The number of aryl methyl sites for hydroxylation is 1. The number of piperidine rings is 1. The summed E-state index contributed by atoms with van der Waals surface area (Å²) in [7, 11) is -2.11. The van der Waals surface area contributed by atoms with Crippen LogP contribution >= 0.6 is 0 Å². The summed E-state index contributed by atoms with van der Waals surface area (Å²) in [5.41, 5.74) is 2.32. The van der Waals surface area contributed by atoms with Gasteiger partial charge >= 0.3 is 0 Å². The average Bonchev–Trinajstić information content (AvgIpc) is 3.10. The molecule has 0 saturated carbocycles. The zero-order valence-corrected chi connectivity index (χ0v) is 16.3. The lowest BCUT2D eigenvalue weighted by molar-refractivity contribution is -0.119. The maximum absolute atomic E-state index is 13.0. The van der Waals surface area contributed by atoms with Gasteiger partial charge in [-0.3, -0.25) is 9.89 Å². The second kappa shape index (κ2) is 8.20. The van der Waals surface area contributed by atoms with Crippen molar-refractivity contribution in [3.05, 3.63) is 41.7 Å². The van der Waals surface area contributed by atoms with Crippen molar-refractivity contribution in [2.45, 2.75) is 30.6 Å². The number of sulfonamides is 1. The van der Waals surface area contributed by atoms with E-state index in [2.05, 4.69) is 15.5 Å². The Morgan fingerprint density at radius 1 is 1.37 bits per heavy atom. The first-order valence-corrected chi connectivity index (χ1v) is 10.2. The van der Waals surface area contributed by atoms with E-state index in [0.717, 1.165) is 24.1 Å². The average molecular weight is 392 g/mol. The summed E-state index contributed by atoms with van der Waals surface area (Å²) in [6.45, 7) is 2.69. The molecular formula is C18H24N4O4S. The summed E-state index contributed by atoms with van der Waals surface area (Å²) >= 11 is 0. The number of hydrogen-bond acceptors (Lipinski definition) is 5. The predicted octanol–water partition coefficient (Wildman–Crippen LogP) is 1.87. The Balaban J connectivity index is 1.78. The Labute approximate surface area is 159 Å². The fourth-order valence-corrected chi connectivity index (χ4v) is 4.80. The van der Waals surface area contributed by atoms with Gasteiger partial charge in [-0.05, 0) is 31.9 Å². The maximum Gasteiger partial charge on any atom is 0.250 e. The molecule has 146 valence electrons. The SMILES string of the molecule is COCC(=O)Nc1cn[nH]c1[C@H]1CCCN(S(=O)(=O)c2ccc(C)cc2)C1. The first-order chi connectivity index (χ1) is 12.9. The highest BCUT2D eigenvalue weighted by atomic mass is 32.2. The summed E-state index contributed by atoms with van der Waals surface area (Å²) in [5.74, 6) is -0.348. The van der Waals surface area contributed by atoms with E-state index in [0.29, 0.717) is 23.7 Å². The first-order valence-electron chi connectivity index (χ1n) is 8.80. The number of nitrogens with one attached hydrogen (secondary N) is 2. The largest absolute Gasteiger partial charge is 0.375 e. The lowest BCUT2D eigenvalue weighted by Gasteiger charge is -2.31. The van der Waals surface area contributed by atoms with E-state index in [-0.39, 0.29) is 18.4 Å². The lowest BCUT2D eigenvalue weighted by atomic mass is 9.95. The van der Waals surface area contributed by atoms with Gasteiger partial charge in [0.1, 0.15) is 6.61 Å². The van der Waals surface area contributed by atoms with Crippen LogP contribution in [-0.2, 0) is 19.6 Å². The molecule has 1 saturated heterocycles. The van der Waals surface area contributed by atoms with Crippen molar-refractivity contribution >= 4 is 21.6 Å². The Morgan fingerprint density at radius 3 is 2.81 bits per heavy atom. The fourth-order valence-electron chi connectivity index (χ4n) is 3.28. The molecule has 0 bridgehead atoms. The van der Waals surface area contributed by atoms with Crippen molar-refractivity contribution in [3.63, 3.8) is 0 Å². The number of aromatic amines is 1. The second-order valence-corrected chi connectivity index (χ2v) is 8.63. The topological polar surface area (TPSA) is 104 Å². The number of carbonyl (C=O) groups is 1. The first kappa shape index (κ1) is 19.5. The molecule has 1 aliphatic heterocycles.